The van der Waals surface area contributed by atoms with E-state index in [1.165, 1.54) is 12.7 Å². The van der Waals surface area contributed by atoms with Crippen LogP contribution in [0.1, 0.15) is 29.3 Å². The predicted octanol–water partition coefficient (Wildman–Crippen LogP) is 2.82. The number of esters is 1. The third kappa shape index (κ3) is 6.50. The molecule has 0 heterocycles. The monoisotopic (exact) mass is 357 g/mol. The highest BCUT2D eigenvalue weighted by Crippen LogP contribution is 2.18. The molecule has 5 nitrogen and oxygen atoms in total. The molecular formula is C21H27NO4. The van der Waals surface area contributed by atoms with Crippen LogP contribution in [0.5, 0.6) is 5.75 Å². The van der Waals surface area contributed by atoms with Crippen molar-refractivity contribution >= 4 is 5.97 Å². The van der Waals surface area contributed by atoms with Gasteiger partial charge in [0.05, 0.1) is 7.11 Å². The van der Waals surface area contributed by atoms with E-state index in [-0.39, 0.29) is 12.6 Å². The van der Waals surface area contributed by atoms with Gasteiger partial charge in [0.1, 0.15) is 24.0 Å². The Hall–Kier alpha value is -2.37. The van der Waals surface area contributed by atoms with Gasteiger partial charge in [-0.3, -0.25) is 0 Å². The molecule has 0 saturated carbocycles. The lowest BCUT2D eigenvalue weighted by Crippen LogP contribution is -2.36. The van der Waals surface area contributed by atoms with Crippen LogP contribution in [-0.2, 0) is 11.2 Å². The molecule has 0 fully saturated rings. The number of hydrogen-bond donors (Lipinski definition) is 2. The van der Waals surface area contributed by atoms with Crippen LogP contribution < -0.4 is 10.1 Å². The fourth-order valence-electron chi connectivity index (χ4n) is 2.58. The number of aliphatic hydroxyl groups excluding tert-OH is 1. The van der Waals surface area contributed by atoms with E-state index in [9.17, 15) is 9.90 Å². The Kier molecular flexibility index (Phi) is 8.12. The summed E-state index contributed by atoms with van der Waals surface area (Å²) < 4.78 is 10.3. The molecule has 2 aromatic rings. The lowest BCUT2D eigenvalue weighted by molar-refractivity contribution is 0.0588. The summed E-state index contributed by atoms with van der Waals surface area (Å²) in [5, 5.41) is 13.4. The predicted molar refractivity (Wildman–Crippen MR) is 102 cm³/mol. The van der Waals surface area contributed by atoms with Gasteiger partial charge < -0.3 is 19.9 Å². The highest BCUT2D eigenvalue weighted by molar-refractivity contribution is 5.92. The van der Waals surface area contributed by atoms with Gasteiger partial charge in [-0.1, -0.05) is 42.5 Å². The van der Waals surface area contributed by atoms with E-state index in [0.29, 0.717) is 17.9 Å². The first-order valence-corrected chi connectivity index (χ1v) is 8.85. The van der Waals surface area contributed by atoms with Crippen molar-refractivity contribution in [3.8, 4) is 5.75 Å². The molecule has 0 amide bonds. The van der Waals surface area contributed by atoms with E-state index in [2.05, 4.69) is 24.4 Å². The van der Waals surface area contributed by atoms with Gasteiger partial charge in [0, 0.05) is 12.6 Å². The molecule has 2 N–H and O–H groups in total. The van der Waals surface area contributed by atoms with Crippen LogP contribution >= 0.6 is 0 Å². The Bertz CT molecular complexity index is 675. The molecular weight excluding hydrogens is 330 g/mol. The summed E-state index contributed by atoms with van der Waals surface area (Å²) >= 11 is 0. The van der Waals surface area contributed by atoms with Gasteiger partial charge in [-0.25, -0.2) is 4.79 Å². The standard InChI is InChI=1S/C21H27NO4/c1-16(12-13-17-8-4-3-5-9-17)22-14-18(23)15-26-20-11-7-6-10-19(20)21(24)25-2/h3-11,16,18,22-23H,12-15H2,1-2H3. The van der Waals surface area contributed by atoms with Crippen LogP contribution in [0, 0.1) is 0 Å². The van der Waals surface area contributed by atoms with E-state index >= 15 is 0 Å². The minimum atomic E-state index is -0.667. The number of methoxy groups -OCH3 is 1. The van der Waals surface area contributed by atoms with Crippen molar-refractivity contribution in [1.82, 2.24) is 5.32 Å². The zero-order valence-electron chi connectivity index (χ0n) is 15.4. The lowest BCUT2D eigenvalue weighted by Gasteiger charge is -2.18. The number of benzene rings is 2. The summed E-state index contributed by atoms with van der Waals surface area (Å²) in [6.07, 6.45) is 1.32. The molecule has 2 aromatic carbocycles. The molecule has 0 aromatic heterocycles. The molecule has 26 heavy (non-hydrogen) atoms. The number of aliphatic hydroxyl groups is 1. The molecule has 0 spiro atoms. The molecule has 2 unspecified atom stereocenters. The van der Waals surface area contributed by atoms with Gasteiger partial charge in [0.15, 0.2) is 0 Å². The quantitative estimate of drug-likeness (QED) is 0.640. The number of para-hydroxylation sites is 1. The first-order chi connectivity index (χ1) is 12.6. The van der Waals surface area contributed by atoms with Crippen molar-refractivity contribution in [2.45, 2.75) is 31.9 Å². The van der Waals surface area contributed by atoms with Crippen LogP contribution in [0.15, 0.2) is 54.6 Å². The Labute approximate surface area is 155 Å². The van der Waals surface area contributed by atoms with Gasteiger partial charge in [-0.15, -0.1) is 0 Å². The molecule has 0 aliphatic heterocycles. The van der Waals surface area contributed by atoms with E-state index in [0.717, 1.165) is 12.8 Å². The number of aryl methyl sites for hydroxylation is 1. The zero-order valence-corrected chi connectivity index (χ0v) is 15.4. The van der Waals surface area contributed by atoms with Crippen molar-refractivity contribution in [2.24, 2.45) is 0 Å². The van der Waals surface area contributed by atoms with E-state index in [4.69, 9.17) is 9.47 Å². The minimum absolute atomic E-state index is 0.104. The first kappa shape index (κ1) is 19.9. The molecule has 140 valence electrons. The smallest absolute Gasteiger partial charge is 0.341 e. The molecule has 2 rings (SSSR count). The number of carbonyl (C=O) groups is 1. The van der Waals surface area contributed by atoms with Gasteiger partial charge in [-0.2, -0.15) is 0 Å². The maximum absolute atomic E-state index is 11.7. The van der Waals surface area contributed by atoms with Crippen LogP contribution in [0.25, 0.3) is 0 Å². The average Bonchev–Trinajstić information content (AvgIpc) is 2.69. The van der Waals surface area contributed by atoms with Crippen LogP contribution in [0.2, 0.25) is 0 Å². The second-order valence-corrected chi connectivity index (χ2v) is 6.29. The van der Waals surface area contributed by atoms with Crippen molar-refractivity contribution in [2.75, 3.05) is 20.3 Å². The summed E-state index contributed by atoms with van der Waals surface area (Å²) in [6.45, 7) is 2.63. The molecule has 0 saturated heterocycles. The van der Waals surface area contributed by atoms with Gasteiger partial charge in [-0.05, 0) is 37.5 Å². The summed E-state index contributed by atoms with van der Waals surface area (Å²) in [7, 11) is 1.33. The van der Waals surface area contributed by atoms with Crippen molar-refractivity contribution in [3.63, 3.8) is 0 Å². The summed E-state index contributed by atoms with van der Waals surface area (Å²) in [6, 6.07) is 17.5. The Morgan fingerprint density at radius 1 is 1.12 bits per heavy atom. The second kappa shape index (κ2) is 10.6. The third-order valence-electron chi connectivity index (χ3n) is 4.13. The van der Waals surface area contributed by atoms with E-state index in [1.807, 2.05) is 18.2 Å². The SMILES string of the molecule is COC(=O)c1ccccc1OCC(O)CNC(C)CCc1ccccc1. The summed E-state index contributed by atoms with van der Waals surface area (Å²) in [4.78, 5) is 11.7. The van der Waals surface area contributed by atoms with Gasteiger partial charge >= 0.3 is 5.97 Å². The fraction of sp³-hybridized carbons (Fsp3) is 0.381. The Morgan fingerprint density at radius 3 is 2.54 bits per heavy atom. The number of rotatable bonds is 10. The number of hydrogen-bond acceptors (Lipinski definition) is 5. The van der Waals surface area contributed by atoms with Crippen LogP contribution in [0.3, 0.4) is 0 Å². The molecule has 0 aliphatic carbocycles. The zero-order chi connectivity index (χ0) is 18.8. The molecule has 0 bridgehead atoms. The summed E-state index contributed by atoms with van der Waals surface area (Å²) in [5.74, 6) is -0.0433. The number of ether oxygens (including phenoxy) is 2. The maximum Gasteiger partial charge on any atom is 0.341 e. The van der Waals surface area contributed by atoms with Crippen molar-refractivity contribution in [3.05, 3.63) is 65.7 Å². The molecule has 2 atom stereocenters. The minimum Gasteiger partial charge on any atom is -0.490 e. The summed E-state index contributed by atoms with van der Waals surface area (Å²) in [5.41, 5.74) is 1.66. The number of carbonyl (C=O) groups excluding carboxylic acids is 1. The molecule has 0 aliphatic rings. The highest BCUT2D eigenvalue weighted by atomic mass is 16.5. The van der Waals surface area contributed by atoms with Gasteiger partial charge in [0.25, 0.3) is 0 Å². The fourth-order valence-corrected chi connectivity index (χ4v) is 2.58. The topological polar surface area (TPSA) is 67.8 Å². The second-order valence-electron chi connectivity index (χ2n) is 6.29. The lowest BCUT2D eigenvalue weighted by atomic mass is 10.1. The molecule has 5 heteroatoms. The van der Waals surface area contributed by atoms with Crippen molar-refractivity contribution in [1.29, 1.82) is 0 Å². The van der Waals surface area contributed by atoms with Crippen LogP contribution in [-0.4, -0.2) is 43.5 Å². The average molecular weight is 357 g/mol. The Balaban J connectivity index is 1.72. The maximum atomic E-state index is 11.7. The largest absolute Gasteiger partial charge is 0.490 e. The third-order valence-corrected chi connectivity index (χ3v) is 4.13. The first-order valence-electron chi connectivity index (χ1n) is 8.85. The van der Waals surface area contributed by atoms with Crippen molar-refractivity contribution < 1.29 is 19.4 Å². The number of nitrogens with one attached hydrogen (secondary N) is 1. The normalized spacial score (nSPS) is 13.0. The van der Waals surface area contributed by atoms with E-state index < -0.39 is 12.1 Å². The van der Waals surface area contributed by atoms with E-state index in [1.54, 1.807) is 24.3 Å². The highest BCUT2D eigenvalue weighted by Gasteiger charge is 2.14. The van der Waals surface area contributed by atoms with Crippen LogP contribution in [0.4, 0.5) is 0 Å². The Morgan fingerprint density at radius 2 is 1.81 bits per heavy atom. The van der Waals surface area contributed by atoms with Gasteiger partial charge in [0.2, 0.25) is 0 Å². The molecule has 0 radical (unpaired) electrons.